The highest BCUT2D eigenvalue weighted by Crippen LogP contribution is 2.21. The molecule has 0 aromatic heterocycles. The van der Waals surface area contributed by atoms with E-state index < -0.39 is 0 Å². The molecule has 90 valence electrons. The monoisotopic (exact) mass is 232 g/mol. The number of Topliss-reactive ketones (excluding diaryl/α,β-unsaturated/α-hetero) is 1. The zero-order valence-corrected chi connectivity index (χ0v) is 9.85. The second-order valence-electron chi connectivity index (χ2n) is 4.29. The number of ketones is 1. The molecule has 1 heterocycles. The maximum atomic E-state index is 11.6. The van der Waals surface area contributed by atoms with E-state index in [1.165, 1.54) is 0 Å². The highest BCUT2D eigenvalue weighted by Gasteiger charge is 2.27. The highest BCUT2D eigenvalue weighted by atomic mass is 16.2. The fraction of sp³-hybridized carbons (Fsp3) is 0.385. The molecule has 17 heavy (non-hydrogen) atoms. The van der Waals surface area contributed by atoms with Crippen LogP contribution in [0, 0.1) is 0 Å². The van der Waals surface area contributed by atoms with Crippen LogP contribution in [0.3, 0.4) is 0 Å². The summed E-state index contributed by atoms with van der Waals surface area (Å²) in [5.74, 6) is 0.160. The Morgan fingerprint density at radius 3 is 2.53 bits per heavy atom. The van der Waals surface area contributed by atoms with E-state index in [0.717, 1.165) is 5.69 Å². The van der Waals surface area contributed by atoms with Crippen molar-refractivity contribution in [3.63, 3.8) is 0 Å². The third kappa shape index (κ3) is 2.36. The first-order chi connectivity index (χ1) is 8.11. The second-order valence-corrected chi connectivity index (χ2v) is 4.29. The van der Waals surface area contributed by atoms with Gasteiger partial charge in [0.15, 0.2) is 5.78 Å². The summed E-state index contributed by atoms with van der Waals surface area (Å²) in [6.45, 7) is 2.39. The van der Waals surface area contributed by atoms with Crippen molar-refractivity contribution in [3.8, 4) is 0 Å². The molecule has 2 N–H and O–H groups in total. The summed E-state index contributed by atoms with van der Waals surface area (Å²) in [6, 6.07) is 7.05. The Hall–Kier alpha value is -1.68. The van der Waals surface area contributed by atoms with Gasteiger partial charge in [0.1, 0.15) is 0 Å². The lowest BCUT2D eigenvalue weighted by atomic mass is 10.1. The van der Waals surface area contributed by atoms with Gasteiger partial charge in [-0.25, -0.2) is 0 Å². The topological polar surface area (TPSA) is 63.4 Å². The smallest absolute Gasteiger partial charge is 0.228 e. The van der Waals surface area contributed by atoms with Crippen LogP contribution in [0.4, 0.5) is 5.69 Å². The molecule has 1 atom stereocenters. The first kappa shape index (κ1) is 11.8. The van der Waals surface area contributed by atoms with E-state index in [9.17, 15) is 9.59 Å². The van der Waals surface area contributed by atoms with Gasteiger partial charge in [0.25, 0.3) is 0 Å². The molecule has 1 amide bonds. The number of hydrogen-bond acceptors (Lipinski definition) is 3. The van der Waals surface area contributed by atoms with Crippen LogP contribution in [-0.4, -0.2) is 24.3 Å². The number of anilines is 1. The van der Waals surface area contributed by atoms with Crippen molar-refractivity contribution in [2.45, 2.75) is 25.8 Å². The minimum Gasteiger partial charge on any atom is -0.326 e. The Labute approximate surface area is 100 Å². The van der Waals surface area contributed by atoms with Crippen molar-refractivity contribution in [1.82, 2.24) is 0 Å². The molecule has 1 aliphatic rings. The van der Waals surface area contributed by atoms with Crippen molar-refractivity contribution in [2.75, 3.05) is 11.4 Å². The van der Waals surface area contributed by atoms with E-state index in [1.54, 1.807) is 29.2 Å². The van der Waals surface area contributed by atoms with Crippen LogP contribution < -0.4 is 10.6 Å². The molecule has 4 nitrogen and oxygen atoms in total. The van der Waals surface area contributed by atoms with Crippen LogP contribution in [0.1, 0.15) is 30.1 Å². The van der Waals surface area contributed by atoms with Gasteiger partial charge in [0.05, 0.1) is 0 Å². The molecular weight excluding hydrogens is 216 g/mol. The lowest BCUT2D eigenvalue weighted by molar-refractivity contribution is -0.117. The molecule has 1 fully saturated rings. The molecule has 0 saturated carbocycles. The van der Waals surface area contributed by atoms with Crippen molar-refractivity contribution in [1.29, 1.82) is 0 Å². The number of hydrogen-bond donors (Lipinski definition) is 1. The van der Waals surface area contributed by atoms with E-state index in [4.69, 9.17) is 5.73 Å². The van der Waals surface area contributed by atoms with E-state index in [-0.39, 0.29) is 17.7 Å². The molecule has 0 bridgehead atoms. The summed E-state index contributed by atoms with van der Waals surface area (Å²) in [4.78, 5) is 24.8. The van der Waals surface area contributed by atoms with Crippen LogP contribution in [0.2, 0.25) is 0 Å². The third-order valence-electron chi connectivity index (χ3n) is 2.98. The number of benzene rings is 1. The number of amides is 1. The zero-order valence-electron chi connectivity index (χ0n) is 9.85. The van der Waals surface area contributed by atoms with Gasteiger partial charge in [-0.05, 0) is 24.3 Å². The summed E-state index contributed by atoms with van der Waals surface area (Å²) in [5.41, 5.74) is 7.24. The average molecular weight is 232 g/mol. The van der Waals surface area contributed by atoms with Gasteiger partial charge in [0.2, 0.25) is 5.91 Å². The van der Waals surface area contributed by atoms with Crippen LogP contribution in [0.15, 0.2) is 24.3 Å². The largest absolute Gasteiger partial charge is 0.326 e. The number of rotatable bonds is 3. The summed E-state index contributed by atoms with van der Waals surface area (Å²) in [5, 5.41) is 0. The van der Waals surface area contributed by atoms with Gasteiger partial charge < -0.3 is 10.6 Å². The van der Waals surface area contributed by atoms with Gasteiger partial charge in [-0.15, -0.1) is 0 Å². The predicted octanol–water partition coefficient (Wildman–Crippen LogP) is 1.34. The molecule has 1 unspecified atom stereocenters. The molecule has 2 rings (SSSR count). The summed E-state index contributed by atoms with van der Waals surface area (Å²) in [7, 11) is 0. The SMILES string of the molecule is CCC(=O)c1ccc(N2CC(N)CC2=O)cc1. The summed E-state index contributed by atoms with van der Waals surface area (Å²) < 4.78 is 0. The van der Waals surface area contributed by atoms with Gasteiger partial charge in [-0.3, -0.25) is 9.59 Å². The zero-order chi connectivity index (χ0) is 12.4. The Morgan fingerprint density at radius 2 is 2.06 bits per heavy atom. The quantitative estimate of drug-likeness (QED) is 0.800. The Bertz CT molecular complexity index is 439. The maximum Gasteiger partial charge on any atom is 0.228 e. The fourth-order valence-electron chi connectivity index (χ4n) is 2.02. The first-order valence-corrected chi connectivity index (χ1v) is 5.81. The van der Waals surface area contributed by atoms with Crippen LogP contribution >= 0.6 is 0 Å². The minimum atomic E-state index is -0.0838. The van der Waals surface area contributed by atoms with Crippen LogP contribution in [-0.2, 0) is 4.79 Å². The minimum absolute atomic E-state index is 0.0482. The molecule has 4 heteroatoms. The predicted molar refractivity (Wildman–Crippen MR) is 66.0 cm³/mol. The third-order valence-corrected chi connectivity index (χ3v) is 2.98. The maximum absolute atomic E-state index is 11.6. The van der Waals surface area contributed by atoms with Crippen LogP contribution in [0.25, 0.3) is 0 Å². The molecular formula is C13H16N2O2. The van der Waals surface area contributed by atoms with Crippen molar-refractivity contribution >= 4 is 17.4 Å². The standard InChI is InChI=1S/C13H16N2O2/c1-2-12(16)9-3-5-11(6-4-9)15-8-10(14)7-13(15)17/h3-6,10H,2,7-8,14H2,1H3. The van der Waals surface area contributed by atoms with Crippen molar-refractivity contribution in [2.24, 2.45) is 5.73 Å². The average Bonchev–Trinajstić information content (AvgIpc) is 2.68. The molecule has 1 aliphatic heterocycles. The Balaban J connectivity index is 2.18. The Morgan fingerprint density at radius 1 is 1.41 bits per heavy atom. The Kier molecular flexibility index (Phi) is 3.24. The molecule has 1 aromatic rings. The van der Waals surface area contributed by atoms with Gasteiger partial charge in [-0.1, -0.05) is 6.92 Å². The van der Waals surface area contributed by atoms with Crippen molar-refractivity contribution in [3.05, 3.63) is 29.8 Å². The lowest BCUT2D eigenvalue weighted by Gasteiger charge is -2.16. The molecule has 0 radical (unpaired) electrons. The van der Waals surface area contributed by atoms with E-state index in [1.807, 2.05) is 6.92 Å². The number of nitrogens with two attached hydrogens (primary N) is 1. The normalized spacial score (nSPS) is 19.8. The summed E-state index contributed by atoms with van der Waals surface area (Å²) in [6.07, 6.45) is 0.891. The number of carbonyl (C=O) groups is 2. The first-order valence-electron chi connectivity index (χ1n) is 5.81. The number of nitrogens with zero attached hydrogens (tertiary/aromatic N) is 1. The fourth-order valence-corrected chi connectivity index (χ4v) is 2.02. The summed E-state index contributed by atoms with van der Waals surface area (Å²) >= 11 is 0. The second kappa shape index (κ2) is 4.67. The van der Waals surface area contributed by atoms with Crippen molar-refractivity contribution < 1.29 is 9.59 Å². The highest BCUT2D eigenvalue weighted by molar-refractivity contribution is 5.98. The molecule has 1 saturated heterocycles. The lowest BCUT2D eigenvalue weighted by Crippen LogP contribution is -2.27. The molecule has 0 aliphatic carbocycles. The van der Waals surface area contributed by atoms with Crippen LogP contribution in [0.5, 0.6) is 0 Å². The van der Waals surface area contributed by atoms with Gasteiger partial charge in [-0.2, -0.15) is 0 Å². The van der Waals surface area contributed by atoms with E-state index >= 15 is 0 Å². The molecule has 1 aromatic carbocycles. The van der Waals surface area contributed by atoms with Gasteiger partial charge >= 0.3 is 0 Å². The molecule has 0 spiro atoms. The van der Waals surface area contributed by atoms with E-state index in [0.29, 0.717) is 24.9 Å². The van der Waals surface area contributed by atoms with E-state index in [2.05, 4.69) is 0 Å². The van der Waals surface area contributed by atoms with Gasteiger partial charge in [0, 0.05) is 36.7 Å². The number of carbonyl (C=O) groups excluding carboxylic acids is 2.